The van der Waals surface area contributed by atoms with E-state index in [1.54, 1.807) is 11.3 Å². The molecule has 16 heavy (non-hydrogen) atoms. The Balaban J connectivity index is 2.14. The Morgan fingerprint density at radius 3 is 2.56 bits per heavy atom. The Bertz CT molecular complexity index is 487. The van der Waals surface area contributed by atoms with Gasteiger partial charge in [0.2, 0.25) is 0 Å². The van der Waals surface area contributed by atoms with Crippen molar-refractivity contribution in [1.29, 1.82) is 0 Å². The van der Waals surface area contributed by atoms with Gasteiger partial charge >= 0.3 is 0 Å². The van der Waals surface area contributed by atoms with Crippen LogP contribution >= 0.6 is 34.3 Å². The van der Waals surface area contributed by atoms with Crippen LogP contribution in [0, 0.1) is 13.8 Å². The first kappa shape index (κ1) is 12.1. The summed E-state index contributed by atoms with van der Waals surface area (Å²) in [5.41, 5.74) is 1.05. The lowest BCUT2D eigenvalue weighted by molar-refractivity contribution is 0.179. The molecule has 0 spiro atoms. The van der Waals surface area contributed by atoms with Crippen LogP contribution < -0.4 is 0 Å². The largest absolute Gasteiger partial charge is 0.388 e. The lowest BCUT2D eigenvalue weighted by atomic mass is 10.1. The van der Waals surface area contributed by atoms with Gasteiger partial charge in [-0.15, -0.1) is 22.7 Å². The SMILES string of the molecule is Cc1cc(C(O)Cc2ccc(Cl)s2)c(C)s1. The van der Waals surface area contributed by atoms with Gasteiger partial charge in [-0.25, -0.2) is 0 Å². The van der Waals surface area contributed by atoms with E-state index in [1.165, 1.54) is 21.1 Å². The van der Waals surface area contributed by atoms with Crippen molar-refractivity contribution < 1.29 is 5.11 Å². The maximum atomic E-state index is 10.1. The maximum absolute atomic E-state index is 10.1. The zero-order valence-electron chi connectivity index (χ0n) is 9.16. The lowest BCUT2D eigenvalue weighted by Crippen LogP contribution is -2.00. The summed E-state index contributed by atoms with van der Waals surface area (Å²) in [6, 6.07) is 5.92. The van der Waals surface area contributed by atoms with E-state index in [-0.39, 0.29) is 0 Å². The smallest absolute Gasteiger partial charge is 0.0931 e. The first-order chi connectivity index (χ1) is 7.56. The standard InChI is InChI=1S/C12H13ClOS2/c1-7-5-10(8(2)15-7)11(14)6-9-3-4-12(13)16-9/h3-5,11,14H,6H2,1-2H3. The molecule has 0 aliphatic carbocycles. The van der Waals surface area contributed by atoms with Crippen LogP contribution in [0.15, 0.2) is 18.2 Å². The van der Waals surface area contributed by atoms with Gasteiger partial charge in [0.25, 0.3) is 0 Å². The summed E-state index contributed by atoms with van der Waals surface area (Å²) in [5, 5.41) is 10.1. The molecule has 1 nitrogen and oxygen atoms in total. The van der Waals surface area contributed by atoms with Gasteiger partial charge in [0.05, 0.1) is 10.4 Å². The van der Waals surface area contributed by atoms with Crippen LogP contribution in [0.1, 0.15) is 26.3 Å². The van der Waals surface area contributed by atoms with E-state index in [4.69, 9.17) is 11.6 Å². The van der Waals surface area contributed by atoms with Gasteiger partial charge in [-0.1, -0.05) is 11.6 Å². The zero-order valence-corrected chi connectivity index (χ0v) is 11.5. The number of thiophene rings is 2. The monoisotopic (exact) mass is 272 g/mol. The topological polar surface area (TPSA) is 20.2 Å². The predicted octanol–water partition coefficient (Wildman–Crippen LogP) is 4.36. The van der Waals surface area contributed by atoms with Crippen molar-refractivity contribution in [3.05, 3.63) is 42.7 Å². The third-order valence-corrected chi connectivity index (χ3v) is 4.70. The second-order valence-corrected chi connectivity index (χ2v) is 7.05. The van der Waals surface area contributed by atoms with Crippen LogP contribution in [-0.4, -0.2) is 5.11 Å². The highest BCUT2D eigenvalue weighted by atomic mass is 35.5. The summed E-state index contributed by atoms with van der Waals surface area (Å²) in [4.78, 5) is 3.57. The van der Waals surface area contributed by atoms with Gasteiger partial charge in [0.15, 0.2) is 0 Å². The van der Waals surface area contributed by atoms with E-state index in [0.29, 0.717) is 6.42 Å². The molecule has 1 N–H and O–H groups in total. The summed E-state index contributed by atoms with van der Waals surface area (Å²) in [6.45, 7) is 4.12. The van der Waals surface area contributed by atoms with Crippen molar-refractivity contribution >= 4 is 34.3 Å². The molecular weight excluding hydrogens is 260 g/mol. The van der Waals surface area contributed by atoms with E-state index >= 15 is 0 Å². The summed E-state index contributed by atoms with van der Waals surface area (Å²) in [6.07, 6.45) is 0.230. The van der Waals surface area contributed by atoms with Crippen LogP contribution in [0.3, 0.4) is 0 Å². The molecule has 2 rings (SSSR count). The average Bonchev–Trinajstić information content (AvgIpc) is 2.73. The molecule has 0 saturated carbocycles. The van der Waals surface area contributed by atoms with Crippen molar-refractivity contribution in [2.75, 3.05) is 0 Å². The molecule has 0 aliphatic rings. The van der Waals surface area contributed by atoms with E-state index < -0.39 is 6.10 Å². The van der Waals surface area contributed by atoms with Gasteiger partial charge in [-0.2, -0.15) is 0 Å². The van der Waals surface area contributed by atoms with Gasteiger partial charge in [-0.05, 0) is 37.6 Å². The Morgan fingerprint density at radius 1 is 1.31 bits per heavy atom. The molecule has 0 amide bonds. The molecule has 2 aromatic rings. The van der Waals surface area contributed by atoms with Gasteiger partial charge in [0, 0.05) is 21.1 Å². The number of aliphatic hydroxyl groups is 1. The third-order valence-electron chi connectivity index (χ3n) is 2.46. The minimum Gasteiger partial charge on any atom is -0.388 e. The molecule has 86 valence electrons. The fourth-order valence-corrected chi connectivity index (χ4v) is 3.85. The van der Waals surface area contributed by atoms with Crippen LogP contribution in [-0.2, 0) is 6.42 Å². The molecule has 0 aromatic carbocycles. The number of halogens is 1. The minimum absolute atomic E-state index is 0.417. The zero-order chi connectivity index (χ0) is 11.7. The van der Waals surface area contributed by atoms with Crippen molar-refractivity contribution in [3.63, 3.8) is 0 Å². The van der Waals surface area contributed by atoms with Gasteiger partial charge < -0.3 is 5.11 Å². The van der Waals surface area contributed by atoms with Crippen molar-refractivity contribution in [2.24, 2.45) is 0 Å². The molecule has 0 saturated heterocycles. The average molecular weight is 273 g/mol. The fraction of sp³-hybridized carbons (Fsp3) is 0.333. The fourth-order valence-electron chi connectivity index (χ4n) is 1.74. The summed E-state index contributed by atoms with van der Waals surface area (Å²) in [5.74, 6) is 0. The maximum Gasteiger partial charge on any atom is 0.0931 e. The molecule has 1 atom stereocenters. The summed E-state index contributed by atoms with van der Waals surface area (Å²) < 4.78 is 0.778. The Hall–Kier alpha value is -0.350. The summed E-state index contributed by atoms with van der Waals surface area (Å²) >= 11 is 9.13. The minimum atomic E-state index is -0.417. The number of hydrogen-bond donors (Lipinski definition) is 1. The highest BCUT2D eigenvalue weighted by molar-refractivity contribution is 7.16. The van der Waals surface area contributed by atoms with E-state index in [0.717, 1.165) is 14.8 Å². The molecule has 0 fully saturated rings. The molecule has 0 aliphatic heterocycles. The molecule has 4 heteroatoms. The first-order valence-corrected chi connectivity index (χ1v) is 7.06. The number of hydrogen-bond acceptors (Lipinski definition) is 3. The normalized spacial score (nSPS) is 13.0. The van der Waals surface area contributed by atoms with Crippen LogP contribution in [0.25, 0.3) is 0 Å². The predicted molar refractivity (Wildman–Crippen MR) is 71.8 cm³/mol. The Labute approximate surface area is 108 Å². The van der Waals surface area contributed by atoms with E-state index in [2.05, 4.69) is 19.9 Å². The Kier molecular flexibility index (Phi) is 3.70. The van der Waals surface area contributed by atoms with Gasteiger partial charge in [-0.3, -0.25) is 0 Å². The van der Waals surface area contributed by atoms with Crippen LogP contribution in [0.2, 0.25) is 4.34 Å². The van der Waals surface area contributed by atoms with Crippen molar-refractivity contribution in [1.82, 2.24) is 0 Å². The first-order valence-electron chi connectivity index (χ1n) is 5.05. The third kappa shape index (κ3) is 2.66. The van der Waals surface area contributed by atoms with E-state index in [9.17, 15) is 5.11 Å². The van der Waals surface area contributed by atoms with Crippen LogP contribution in [0.5, 0.6) is 0 Å². The van der Waals surface area contributed by atoms with Crippen LogP contribution in [0.4, 0.5) is 0 Å². The second kappa shape index (κ2) is 4.88. The molecule has 0 radical (unpaired) electrons. The quantitative estimate of drug-likeness (QED) is 0.880. The lowest BCUT2D eigenvalue weighted by Gasteiger charge is -2.08. The van der Waals surface area contributed by atoms with Crippen molar-refractivity contribution in [2.45, 2.75) is 26.4 Å². The highest BCUT2D eigenvalue weighted by Crippen LogP contribution is 2.31. The van der Waals surface area contributed by atoms with Gasteiger partial charge in [0.1, 0.15) is 0 Å². The Morgan fingerprint density at radius 2 is 2.06 bits per heavy atom. The molecular formula is C12H13ClOS2. The molecule has 1 unspecified atom stereocenters. The molecule has 2 heterocycles. The van der Waals surface area contributed by atoms with Crippen molar-refractivity contribution in [3.8, 4) is 0 Å². The number of rotatable bonds is 3. The molecule has 0 bridgehead atoms. The highest BCUT2D eigenvalue weighted by Gasteiger charge is 2.14. The summed E-state index contributed by atoms with van der Waals surface area (Å²) in [7, 11) is 0. The number of aliphatic hydroxyl groups excluding tert-OH is 1. The van der Waals surface area contributed by atoms with E-state index in [1.807, 2.05) is 12.1 Å². The number of aryl methyl sites for hydroxylation is 2. The second-order valence-electron chi connectivity index (χ2n) is 3.79. The molecule has 2 aromatic heterocycles.